The molecule has 2 aromatic carbocycles. The van der Waals surface area contributed by atoms with Gasteiger partial charge in [0.05, 0.1) is 28.1 Å². The summed E-state index contributed by atoms with van der Waals surface area (Å²) in [7, 11) is 0. The number of amides is 2. The number of carbonyl (C=O) groups excluding carboxylic acids is 3. The first kappa shape index (κ1) is 18.6. The van der Waals surface area contributed by atoms with Crippen molar-refractivity contribution in [3.8, 4) is 5.75 Å². The first-order valence-electron chi connectivity index (χ1n) is 9.60. The fourth-order valence-electron chi connectivity index (χ4n) is 5.18. The Morgan fingerprint density at radius 3 is 2.28 bits per heavy atom. The summed E-state index contributed by atoms with van der Waals surface area (Å²) < 4.78 is 5.54. The van der Waals surface area contributed by atoms with Gasteiger partial charge in [0.2, 0.25) is 11.8 Å². The van der Waals surface area contributed by atoms with E-state index in [0.717, 1.165) is 19.3 Å². The molecule has 29 heavy (non-hydrogen) atoms. The van der Waals surface area contributed by atoms with Crippen molar-refractivity contribution < 1.29 is 19.1 Å². The number of rotatable bonds is 3. The Morgan fingerprint density at radius 2 is 1.62 bits per heavy atom. The lowest BCUT2D eigenvalue weighted by atomic mass is 9.81. The van der Waals surface area contributed by atoms with Gasteiger partial charge in [0, 0.05) is 5.02 Å². The van der Waals surface area contributed by atoms with Crippen LogP contribution in [-0.4, -0.2) is 17.8 Å². The van der Waals surface area contributed by atoms with E-state index in [1.54, 1.807) is 30.3 Å². The lowest BCUT2D eigenvalue weighted by Gasteiger charge is -2.20. The number of imide groups is 1. The Kier molecular flexibility index (Phi) is 4.41. The van der Waals surface area contributed by atoms with E-state index in [1.165, 1.54) is 17.0 Å². The molecular weight excluding hydrogens is 413 g/mol. The van der Waals surface area contributed by atoms with Crippen LogP contribution in [-0.2, 0) is 9.59 Å². The Morgan fingerprint density at radius 1 is 0.966 bits per heavy atom. The third-order valence-corrected chi connectivity index (χ3v) is 6.94. The van der Waals surface area contributed by atoms with Gasteiger partial charge in [-0.05, 0) is 61.4 Å². The van der Waals surface area contributed by atoms with Crippen molar-refractivity contribution in [2.45, 2.75) is 19.3 Å². The quantitative estimate of drug-likeness (QED) is 0.401. The number of hydrogen-bond acceptors (Lipinski definition) is 4. The summed E-state index contributed by atoms with van der Waals surface area (Å²) in [5, 5.41) is 0.570. The summed E-state index contributed by atoms with van der Waals surface area (Å²) in [6, 6.07) is 11.1. The van der Waals surface area contributed by atoms with Crippen molar-refractivity contribution in [2.24, 2.45) is 23.7 Å². The average molecular weight is 430 g/mol. The van der Waals surface area contributed by atoms with Crippen LogP contribution < -0.4 is 9.64 Å². The number of hydrogen-bond donors (Lipinski definition) is 0. The Hall–Kier alpha value is -2.37. The van der Waals surface area contributed by atoms with Gasteiger partial charge < -0.3 is 4.74 Å². The molecule has 2 aliphatic carbocycles. The smallest absolute Gasteiger partial charge is 0.345 e. The van der Waals surface area contributed by atoms with Crippen LogP contribution in [0.4, 0.5) is 5.69 Å². The number of carbonyl (C=O) groups is 3. The van der Waals surface area contributed by atoms with Gasteiger partial charge >= 0.3 is 5.97 Å². The minimum absolute atomic E-state index is 0.150. The lowest BCUT2D eigenvalue weighted by Crippen LogP contribution is -2.33. The molecule has 2 saturated carbocycles. The molecule has 3 aliphatic rings. The van der Waals surface area contributed by atoms with Gasteiger partial charge in [0.25, 0.3) is 0 Å². The number of benzene rings is 2. The maximum atomic E-state index is 13.1. The predicted octanol–water partition coefficient (Wildman–Crippen LogP) is 4.75. The van der Waals surface area contributed by atoms with Crippen LogP contribution in [0.15, 0.2) is 42.5 Å². The molecule has 2 bridgehead atoms. The van der Waals surface area contributed by atoms with Crippen LogP contribution in [0.25, 0.3) is 0 Å². The van der Waals surface area contributed by atoms with Crippen molar-refractivity contribution in [3.05, 3.63) is 58.1 Å². The molecule has 1 aliphatic heterocycles. The van der Waals surface area contributed by atoms with Gasteiger partial charge in [0.1, 0.15) is 0 Å². The summed E-state index contributed by atoms with van der Waals surface area (Å²) in [6.07, 6.45) is 2.97. The van der Waals surface area contributed by atoms with Crippen LogP contribution in [0, 0.1) is 23.7 Å². The second-order valence-electron chi connectivity index (χ2n) is 7.88. The molecule has 4 atom stereocenters. The standard InChI is InChI=1S/C22H17Cl2NO4/c23-13-7-8-14(15(24)10-13)22(28)29-17-4-2-1-3-16(17)25-20(26)18-11-5-6-12(9-11)19(18)21(25)27/h1-4,7-8,10-12,18-19H,5-6,9H2/t11-,12-,18-,19-/m0/s1. The van der Waals surface area contributed by atoms with E-state index in [1.807, 2.05) is 0 Å². The number of nitrogens with zero attached hydrogens (tertiary/aromatic N) is 1. The zero-order valence-electron chi connectivity index (χ0n) is 15.3. The average Bonchev–Trinajstić information content (AvgIpc) is 3.36. The maximum Gasteiger partial charge on any atom is 0.345 e. The van der Waals surface area contributed by atoms with E-state index in [-0.39, 0.29) is 51.8 Å². The van der Waals surface area contributed by atoms with Crippen LogP contribution in [0.5, 0.6) is 5.75 Å². The maximum absolute atomic E-state index is 13.1. The highest BCUT2D eigenvalue weighted by Gasteiger charge is 2.61. The second-order valence-corrected chi connectivity index (χ2v) is 8.72. The zero-order valence-corrected chi connectivity index (χ0v) is 16.8. The number of para-hydroxylation sites is 2. The van der Waals surface area contributed by atoms with Crippen molar-refractivity contribution >= 4 is 46.7 Å². The molecular formula is C22H17Cl2NO4. The predicted molar refractivity (Wildman–Crippen MR) is 108 cm³/mol. The Bertz CT molecular complexity index is 1020. The monoisotopic (exact) mass is 429 g/mol. The van der Waals surface area contributed by atoms with E-state index in [9.17, 15) is 14.4 Å². The molecule has 1 heterocycles. The molecule has 0 spiro atoms. The number of esters is 1. The number of anilines is 1. The van der Waals surface area contributed by atoms with Crippen LogP contribution in [0.2, 0.25) is 10.0 Å². The second kappa shape index (κ2) is 6.85. The van der Waals surface area contributed by atoms with E-state index in [0.29, 0.717) is 10.7 Å². The lowest BCUT2D eigenvalue weighted by molar-refractivity contribution is -0.123. The first-order valence-corrected chi connectivity index (χ1v) is 10.4. The molecule has 148 valence electrons. The van der Waals surface area contributed by atoms with Crippen molar-refractivity contribution in [2.75, 3.05) is 4.90 Å². The third kappa shape index (κ3) is 2.87. The highest BCUT2D eigenvalue weighted by molar-refractivity contribution is 6.36. The number of halogens is 2. The van der Waals surface area contributed by atoms with Crippen LogP contribution >= 0.6 is 23.2 Å². The summed E-state index contributed by atoms with van der Waals surface area (Å²) in [5.74, 6) is -0.800. The molecule has 5 nitrogen and oxygen atoms in total. The summed E-state index contributed by atoms with van der Waals surface area (Å²) in [5.41, 5.74) is 0.453. The molecule has 0 aromatic heterocycles. The van der Waals surface area contributed by atoms with Gasteiger partial charge in [-0.3, -0.25) is 9.59 Å². The largest absolute Gasteiger partial charge is 0.421 e. The van der Waals surface area contributed by atoms with E-state index in [2.05, 4.69) is 0 Å². The SMILES string of the molecule is O=C(Oc1ccccc1N1C(=O)[C@H]2[C@H]3CC[C@@H](C3)[C@@H]2C1=O)c1ccc(Cl)cc1Cl. The van der Waals surface area contributed by atoms with Crippen molar-refractivity contribution in [1.29, 1.82) is 0 Å². The van der Waals surface area contributed by atoms with E-state index < -0.39 is 5.97 Å². The minimum atomic E-state index is -0.682. The topological polar surface area (TPSA) is 63.7 Å². The van der Waals surface area contributed by atoms with Crippen LogP contribution in [0.1, 0.15) is 29.6 Å². The van der Waals surface area contributed by atoms with E-state index in [4.69, 9.17) is 27.9 Å². The zero-order chi connectivity index (χ0) is 20.3. The molecule has 0 radical (unpaired) electrons. The highest BCUT2D eigenvalue weighted by Crippen LogP contribution is 2.57. The molecule has 0 unspecified atom stereocenters. The molecule has 2 aromatic rings. The molecule has 1 saturated heterocycles. The van der Waals surface area contributed by atoms with Gasteiger partial charge in [-0.2, -0.15) is 0 Å². The molecule has 7 heteroatoms. The Labute approximate surface area is 177 Å². The molecule has 2 amide bonds. The number of ether oxygens (including phenoxy) is 1. The molecule has 5 rings (SSSR count). The third-order valence-electron chi connectivity index (χ3n) is 6.39. The fourth-order valence-corrected chi connectivity index (χ4v) is 5.67. The summed E-state index contributed by atoms with van der Waals surface area (Å²) >= 11 is 12.0. The highest BCUT2D eigenvalue weighted by atomic mass is 35.5. The number of fused-ring (bicyclic) bond motifs is 5. The first-order chi connectivity index (χ1) is 14.0. The normalized spacial score (nSPS) is 27.4. The van der Waals surface area contributed by atoms with Crippen molar-refractivity contribution in [1.82, 2.24) is 0 Å². The Balaban J connectivity index is 1.47. The van der Waals surface area contributed by atoms with Crippen molar-refractivity contribution in [3.63, 3.8) is 0 Å². The van der Waals surface area contributed by atoms with Crippen LogP contribution in [0.3, 0.4) is 0 Å². The summed E-state index contributed by atoms with van der Waals surface area (Å²) in [6.45, 7) is 0. The van der Waals surface area contributed by atoms with Gasteiger partial charge in [-0.25, -0.2) is 9.69 Å². The molecule has 0 N–H and O–H groups in total. The fraction of sp³-hybridized carbons (Fsp3) is 0.318. The molecule has 3 fully saturated rings. The van der Waals surface area contributed by atoms with Gasteiger partial charge in [-0.15, -0.1) is 0 Å². The van der Waals surface area contributed by atoms with Gasteiger partial charge in [0.15, 0.2) is 5.75 Å². The van der Waals surface area contributed by atoms with Gasteiger partial charge in [-0.1, -0.05) is 35.3 Å². The summed E-state index contributed by atoms with van der Waals surface area (Å²) in [4.78, 5) is 40.1. The van der Waals surface area contributed by atoms with E-state index >= 15 is 0 Å². The minimum Gasteiger partial charge on any atom is -0.421 e.